The zero-order valence-corrected chi connectivity index (χ0v) is 17.0. The molecule has 0 saturated carbocycles. The highest BCUT2D eigenvalue weighted by molar-refractivity contribution is 5.66. The fraction of sp³-hybridized carbons (Fsp3) is 0.833. The topological polar surface area (TPSA) is 188 Å². The number of carboxylic acid groups (broad SMARTS) is 1. The molecule has 0 radical (unpaired) electrons. The lowest BCUT2D eigenvalue weighted by molar-refractivity contribution is -0.137. The van der Waals surface area contributed by atoms with E-state index in [9.17, 15) is 30.3 Å². The Morgan fingerprint density at radius 3 is 1.97 bits per heavy atom. The summed E-state index contributed by atoms with van der Waals surface area (Å²) in [6.07, 6.45) is 2.35. The molecule has 0 saturated heterocycles. The molecule has 1 aromatic heterocycles. The number of hydrogen-bond acceptors (Lipinski definition) is 10. The van der Waals surface area contributed by atoms with Crippen LogP contribution in [0.2, 0.25) is 0 Å². The van der Waals surface area contributed by atoms with Crippen LogP contribution in [0.3, 0.4) is 0 Å². The van der Waals surface area contributed by atoms with Crippen molar-refractivity contribution < 1.29 is 44.9 Å². The number of carboxylic acids is 1. The zero-order chi connectivity index (χ0) is 22.4. The van der Waals surface area contributed by atoms with Crippen molar-refractivity contribution in [2.24, 2.45) is 11.8 Å². The maximum absolute atomic E-state index is 10.7. The van der Waals surface area contributed by atoms with Crippen molar-refractivity contribution in [3.63, 3.8) is 0 Å². The summed E-state index contributed by atoms with van der Waals surface area (Å²) in [4.78, 5) is 10.7. The van der Waals surface area contributed by atoms with Crippen molar-refractivity contribution in [2.45, 2.75) is 24.8 Å². The van der Waals surface area contributed by atoms with Crippen molar-refractivity contribution in [2.75, 3.05) is 59.5 Å². The molecule has 0 fully saturated rings. The van der Waals surface area contributed by atoms with Crippen molar-refractivity contribution in [1.29, 1.82) is 0 Å². The summed E-state index contributed by atoms with van der Waals surface area (Å²) in [7, 11) is 0. The Kier molecular flexibility index (Phi) is 12.6. The summed E-state index contributed by atoms with van der Waals surface area (Å²) in [5, 5.41) is 63.6. The first-order chi connectivity index (χ1) is 14.4. The predicted octanol–water partition coefficient (Wildman–Crippen LogP) is -2.39. The maximum Gasteiger partial charge on any atom is 0.303 e. The average Bonchev–Trinajstić information content (AvgIpc) is 3.22. The molecule has 0 amide bonds. The molecule has 30 heavy (non-hydrogen) atoms. The highest BCUT2D eigenvalue weighted by Gasteiger charge is 2.35. The number of hydrogen-bond donors (Lipinski definition) is 6. The van der Waals surface area contributed by atoms with Crippen molar-refractivity contribution in [3.8, 4) is 0 Å². The van der Waals surface area contributed by atoms with Gasteiger partial charge in [0.15, 0.2) is 0 Å². The minimum absolute atomic E-state index is 0.00234. The molecule has 0 bridgehead atoms. The molecule has 0 aliphatic carbocycles. The molecule has 12 nitrogen and oxygen atoms in total. The second-order valence-corrected chi connectivity index (χ2v) is 7.28. The number of aryl methyl sites for hydroxylation is 1. The Labute approximate surface area is 174 Å². The van der Waals surface area contributed by atoms with Gasteiger partial charge in [-0.1, -0.05) is 5.21 Å². The van der Waals surface area contributed by atoms with E-state index < -0.39 is 30.0 Å². The lowest BCUT2D eigenvalue weighted by atomic mass is 10.0. The van der Waals surface area contributed by atoms with Crippen LogP contribution in [-0.4, -0.2) is 111 Å². The van der Waals surface area contributed by atoms with E-state index in [1.165, 1.54) is 4.68 Å². The maximum atomic E-state index is 10.7. The molecule has 1 heterocycles. The summed E-state index contributed by atoms with van der Waals surface area (Å²) < 4.78 is 12.6. The smallest absolute Gasteiger partial charge is 0.303 e. The number of rotatable bonds is 18. The van der Waals surface area contributed by atoms with Gasteiger partial charge in [-0.3, -0.25) is 4.79 Å². The lowest BCUT2D eigenvalue weighted by Crippen LogP contribution is -2.47. The zero-order valence-electron chi connectivity index (χ0n) is 17.0. The summed E-state index contributed by atoms with van der Waals surface area (Å²) >= 11 is 0. The minimum Gasteiger partial charge on any atom is -0.481 e. The summed E-state index contributed by atoms with van der Waals surface area (Å²) in [5.41, 5.74) is -0.635. The van der Waals surface area contributed by atoms with Gasteiger partial charge in [0, 0.05) is 24.5 Å². The first kappa shape index (κ1) is 26.4. The van der Waals surface area contributed by atoms with Crippen LogP contribution in [0.15, 0.2) is 6.20 Å². The van der Waals surface area contributed by atoms with E-state index in [0.29, 0.717) is 18.5 Å². The van der Waals surface area contributed by atoms with Crippen molar-refractivity contribution in [1.82, 2.24) is 15.0 Å². The fourth-order valence-electron chi connectivity index (χ4n) is 2.56. The second kappa shape index (κ2) is 14.4. The SMILES string of the molecule is O=C(O)CCCc1cn(C(CO)(COCC(CO)CO)COCC(CO)CO)nn1. The first-order valence-corrected chi connectivity index (χ1v) is 9.77. The second-order valence-electron chi connectivity index (χ2n) is 7.28. The molecule has 1 rings (SSSR count). The van der Waals surface area contributed by atoms with Crippen molar-refractivity contribution in [3.05, 3.63) is 11.9 Å². The van der Waals surface area contributed by atoms with Gasteiger partial charge in [0.2, 0.25) is 0 Å². The van der Waals surface area contributed by atoms with Gasteiger partial charge in [0.05, 0.1) is 65.2 Å². The number of aliphatic hydroxyl groups excluding tert-OH is 5. The van der Waals surface area contributed by atoms with Crippen molar-refractivity contribution >= 4 is 5.97 Å². The number of aliphatic carboxylic acids is 1. The Hall–Kier alpha value is -1.67. The molecule has 0 aliphatic heterocycles. The van der Waals surface area contributed by atoms with Crippen LogP contribution in [0.4, 0.5) is 0 Å². The molecule has 0 aromatic carbocycles. The molecule has 0 atom stereocenters. The molecule has 0 spiro atoms. The van der Waals surface area contributed by atoms with Crippen LogP contribution < -0.4 is 0 Å². The first-order valence-electron chi connectivity index (χ1n) is 9.77. The summed E-state index contributed by atoms with van der Waals surface area (Å²) in [5.74, 6) is -1.85. The van der Waals surface area contributed by atoms with Crippen LogP contribution in [0, 0.1) is 11.8 Å². The highest BCUT2D eigenvalue weighted by atomic mass is 16.5. The van der Waals surface area contributed by atoms with Crippen LogP contribution in [0.25, 0.3) is 0 Å². The van der Waals surface area contributed by atoms with E-state index >= 15 is 0 Å². The summed E-state index contributed by atoms with van der Waals surface area (Å²) in [6.45, 7) is -1.51. The Bertz CT molecular complexity index is 573. The number of aliphatic hydroxyl groups is 5. The van der Waals surface area contributed by atoms with Gasteiger partial charge in [-0.25, -0.2) is 4.68 Å². The van der Waals surface area contributed by atoms with E-state index in [2.05, 4.69) is 10.3 Å². The fourth-order valence-corrected chi connectivity index (χ4v) is 2.56. The number of carbonyl (C=O) groups is 1. The Morgan fingerprint density at radius 1 is 1.00 bits per heavy atom. The quantitative estimate of drug-likeness (QED) is 0.144. The molecule has 174 valence electrons. The lowest BCUT2D eigenvalue weighted by Gasteiger charge is -2.32. The monoisotopic (exact) mass is 435 g/mol. The van der Waals surface area contributed by atoms with Gasteiger partial charge < -0.3 is 40.1 Å². The average molecular weight is 435 g/mol. The molecule has 12 heteroatoms. The largest absolute Gasteiger partial charge is 0.481 e. The molecule has 1 aromatic rings. The van der Waals surface area contributed by atoms with Gasteiger partial charge in [-0.15, -0.1) is 5.10 Å². The van der Waals surface area contributed by atoms with E-state index in [-0.39, 0.29) is 59.3 Å². The third kappa shape index (κ3) is 8.60. The van der Waals surface area contributed by atoms with E-state index in [1.54, 1.807) is 6.20 Å². The van der Waals surface area contributed by atoms with E-state index in [4.69, 9.17) is 14.6 Å². The highest BCUT2D eigenvalue weighted by Crippen LogP contribution is 2.19. The molecule has 0 unspecified atom stereocenters. The predicted molar refractivity (Wildman–Crippen MR) is 103 cm³/mol. The number of nitrogens with zero attached hydrogens (tertiary/aromatic N) is 3. The number of ether oxygens (including phenoxy) is 2. The molecular weight excluding hydrogens is 402 g/mol. The van der Waals surface area contributed by atoms with Gasteiger partial charge in [-0.05, 0) is 12.8 Å². The third-order valence-corrected chi connectivity index (χ3v) is 4.63. The normalized spacial score (nSPS) is 12.2. The Balaban J connectivity index is 2.88. The van der Waals surface area contributed by atoms with E-state index in [1.807, 2.05) is 0 Å². The minimum atomic E-state index is -1.18. The van der Waals surface area contributed by atoms with Crippen LogP contribution in [0.5, 0.6) is 0 Å². The van der Waals surface area contributed by atoms with Gasteiger partial charge in [0.1, 0.15) is 5.54 Å². The van der Waals surface area contributed by atoms with E-state index in [0.717, 1.165) is 0 Å². The Morgan fingerprint density at radius 2 is 1.53 bits per heavy atom. The van der Waals surface area contributed by atoms with Gasteiger partial charge in [-0.2, -0.15) is 0 Å². The summed E-state index contributed by atoms with van der Waals surface area (Å²) in [6, 6.07) is 0. The van der Waals surface area contributed by atoms with Crippen LogP contribution in [-0.2, 0) is 26.2 Å². The molecule has 6 N–H and O–H groups in total. The molecule has 0 aliphatic rings. The standard InChI is InChI=1S/C18H33N3O9/c22-5-14(6-23)9-29-12-18(11-26,13-30-10-15(7-24)8-25)21-4-16(19-20-21)2-1-3-17(27)28/h4,14-15,22-26H,1-3,5-13H2,(H,27,28). The van der Waals surface area contributed by atoms with Gasteiger partial charge in [0.25, 0.3) is 0 Å². The molecular formula is C18H33N3O9. The van der Waals surface area contributed by atoms with Crippen LogP contribution >= 0.6 is 0 Å². The van der Waals surface area contributed by atoms with Crippen LogP contribution in [0.1, 0.15) is 18.5 Å². The third-order valence-electron chi connectivity index (χ3n) is 4.63. The van der Waals surface area contributed by atoms with Gasteiger partial charge >= 0.3 is 5.97 Å². The number of aromatic nitrogens is 3.